The van der Waals surface area contributed by atoms with E-state index in [-0.39, 0.29) is 18.4 Å². The number of benzene rings is 2. The highest BCUT2D eigenvalue weighted by Crippen LogP contribution is 2.16. The first-order valence-electron chi connectivity index (χ1n) is 9.77. The molecule has 2 amide bonds. The van der Waals surface area contributed by atoms with Gasteiger partial charge in [0, 0.05) is 23.5 Å². The third-order valence-electron chi connectivity index (χ3n) is 4.04. The van der Waals surface area contributed by atoms with Crippen LogP contribution in [0.4, 0.5) is 11.4 Å². The van der Waals surface area contributed by atoms with Crippen LogP contribution in [0.5, 0.6) is 5.75 Å². The molecule has 154 valence electrons. The summed E-state index contributed by atoms with van der Waals surface area (Å²) in [5, 5.41) is 8.75. The van der Waals surface area contributed by atoms with Crippen molar-refractivity contribution >= 4 is 23.2 Å². The van der Waals surface area contributed by atoms with E-state index < -0.39 is 0 Å². The molecule has 0 heterocycles. The highest BCUT2D eigenvalue weighted by Gasteiger charge is 2.06. The third-order valence-corrected chi connectivity index (χ3v) is 4.04. The van der Waals surface area contributed by atoms with Gasteiger partial charge in [0.2, 0.25) is 5.91 Å². The number of hydrogen-bond acceptors (Lipinski definition) is 4. The Morgan fingerprint density at radius 3 is 2.28 bits per heavy atom. The Kier molecular flexibility index (Phi) is 8.76. The fourth-order valence-electron chi connectivity index (χ4n) is 2.45. The van der Waals surface area contributed by atoms with Gasteiger partial charge in [-0.3, -0.25) is 9.59 Å². The highest BCUT2D eigenvalue weighted by molar-refractivity contribution is 5.95. The predicted octanol–water partition coefficient (Wildman–Crippen LogP) is 4.22. The number of anilines is 2. The molecular formula is C23H29N3O3. The van der Waals surface area contributed by atoms with E-state index in [1.807, 2.05) is 6.92 Å². The van der Waals surface area contributed by atoms with E-state index in [0.717, 1.165) is 29.9 Å². The van der Waals surface area contributed by atoms with E-state index >= 15 is 0 Å². The molecule has 0 bridgehead atoms. The Bertz CT molecular complexity index is 814. The zero-order valence-corrected chi connectivity index (χ0v) is 17.1. The van der Waals surface area contributed by atoms with Gasteiger partial charge in [0.05, 0.1) is 6.54 Å². The van der Waals surface area contributed by atoms with Crippen molar-refractivity contribution in [2.24, 2.45) is 0 Å². The summed E-state index contributed by atoms with van der Waals surface area (Å²) in [5.74, 6) is 0.475. The second-order valence-electron chi connectivity index (χ2n) is 6.86. The maximum absolute atomic E-state index is 12.1. The molecule has 0 radical (unpaired) electrons. The second kappa shape index (κ2) is 11.5. The zero-order chi connectivity index (χ0) is 21.1. The Morgan fingerprint density at radius 1 is 1.00 bits per heavy atom. The van der Waals surface area contributed by atoms with Crippen LogP contribution in [0.1, 0.15) is 37.0 Å². The summed E-state index contributed by atoms with van der Waals surface area (Å²) >= 11 is 0. The van der Waals surface area contributed by atoms with Crippen LogP contribution < -0.4 is 20.7 Å². The Morgan fingerprint density at radius 2 is 1.66 bits per heavy atom. The van der Waals surface area contributed by atoms with Gasteiger partial charge in [0.15, 0.2) is 0 Å². The molecule has 0 saturated heterocycles. The van der Waals surface area contributed by atoms with Crippen molar-refractivity contribution in [1.29, 1.82) is 0 Å². The Balaban J connectivity index is 1.77. The first-order chi connectivity index (χ1) is 14.0. The van der Waals surface area contributed by atoms with Gasteiger partial charge < -0.3 is 20.7 Å². The summed E-state index contributed by atoms with van der Waals surface area (Å²) in [6.45, 7) is 9.04. The molecule has 6 heteroatoms. The van der Waals surface area contributed by atoms with Gasteiger partial charge in [-0.2, -0.15) is 0 Å². The lowest BCUT2D eigenvalue weighted by Gasteiger charge is -2.10. The highest BCUT2D eigenvalue weighted by atomic mass is 16.5. The first-order valence-corrected chi connectivity index (χ1v) is 9.77. The predicted molar refractivity (Wildman–Crippen MR) is 118 cm³/mol. The normalized spacial score (nSPS) is 10.1. The average Bonchev–Trinajstić information content (AvgIpc) is 2.72. The summed E-state index contributed by atoms with van der Waals surface area (Å²) in [7, 11) is 0. The molecule has 6 nitrogen and oxygen atoms in total. The molecule has 0 atom stereocenters. The largest absolute Gasteiger partial charge is 0.489 e. The fraction of sp³-hybridized carbons (Fsp3) is 0.304. The molecule has 3 N–H and O–H groups in total. The number of rotatable bonds is 11. The van der Waals surface area contributed by atoms with Crippen molar-refractivity contribution in [2.45, 2.75) is 26.7 Å². The number of nitrogens with one attached hydrogen (secondary N) is 3. The average molecular weight is 396 g/mol. The summed E-state index contributed by atoms with van der Waals surface area (Å²) < 4.78 is 5.53. The molecule has 0 aliphatic heterocycles. The standard InChI is InChI=1S/C23H29N3O3/c1-4-5-14-24-23(28)18-6-8-19(9-7-18)25-15-22(27)26-20-10-12-21(13-11-20)29-16-17(2)3/h6-13,25H,2,4-5,14-16H2,1,3H3,(H,24,28)(H,26,27). The smallest absolute Gasteiger partial charge is 0.251 e. The molecule has 0 aromatic heterocycles. The number of unbranched alkanes of at least 4 members (excludes halogenated alkanes) is 1. The number of amides is 2. The molecule has 0 unspecified atom stereocenters. The molecular weight excluding hydrogens is 366 g/mol. The number of hydrogen-bond donors (Lipinski definition) is 3. The van der Waals surface area contributed by atoms with Crippen molar-refractivity contribution in [3.8, 4) is 5.75 Å². The van der Waals surface area contributed by atoms with Crippen LogP contribution >= 0.6 is 0 Å². The van der Waals surface area contributed by atoms with Crippen LogP contribution in [0.25, 0.3) is 0 Å². The van der Waals surface area contributed by atoms with Gasteiger partial charge in [-0.05, 0) is 67.4 Å². The molecule has 0 aliphatic rings. The zero-order valence-electron chi connectivity index (χ0n) is 17.1. The number of carbonyl (C=O) groups is 2. The van der Waals surface area contributed by atoms with Gasteiger partial charge in [-0.25, -0.2) is 0 Å². The van der Waals surface area contributed by atoms with Gasteiger partial charge in [0.1, 0.15) is 12.4 Å². The minimum atomic E-state index is -0.165. The van der Waals surface area contributed by atoms with Crippen molar-refractivity contribution in [3.05, 3.63) is 66.2 Å². The quantitative estimate of drug-likeness (QED) is 0.393. The summed E-state index contributed by atoms with van der Waals surface area (Å²) in [5.41, 5.74) is 3.01. The Hall–Kier alpha value is -3.28. The topological polar surface area (TPSA) is 79.5 Å². The van der Waals surface area contributed by atoms with E-state index in [0.29, 0.717) is 24.4 Å². The van der Waals surface area contributed by atoms with Crippen LogP contribution in [0.2, 0.25) is 0 Å². The Labute approximate surface area is 172 Å². The molecule has 29 heavy (non-hydrogen) atoms. The maximum Gasteiger partial charge on any atom is 0.251 e. The molecule has 2 aromatic carbocycles. The molecule has 0 fully saturated rings. The van der Waals surface area contributed by atoms with Crippen LogP contribution in [0.15, 0.2) is 60.7 Å². The van der Waals surface area contributed by atoms with E-state index in [4.69, 9.17) is 4.74 Å². The molecule has 0 aliphatic carbocycles. The molecule has 2 aromatic rings. The van der Waals surface area contributed by atoms with Crippen molar-refractivity contribution in [3.63, 3.8) is 0 Å². The minimum Gasteiger partial charge on any atom is -0.489 e. The first kappa shape index (κ1) is 22.0. The third kappa shape index (κ3) is 8.09. The van der Waals surface area contributed by atoms with Gasteiger partial charge in [-0.1, -0.05) is 19.9 Å². The number of ether oxygens (including phenoxy) is 1. The molecule has 0 saturated carbocycles. The molecule has 2 rings (SSSR count). The summed E-state index contributed by atoms with van der Waals surface area (Å²) in [6, 6.07) is 14.2. The second-order valence-corrected chi connectivity index (χ2v) is 6.86. The summed E-state index contributed by atoms with van der Waals surface area (Å²) in [4.78, 5) is 24.1. The number of carbonyl (C=O) groups excluding carboxylic acids is 2. The van der Waals surface area contributed by atoms with Crippen LogP contribution in [0, 0.1) is 0 Å². The van der Waals surface area contributed by atoms with E-state index in [2.05, 4.69) is 29.5 Å². The monoisotopic (exact) mass is 395 g/mol. The minimum absolute atomic E-state index is 0.0848. The van der Waals surface area contributed by atoms with Crippen LogP contribution in [-0.4, -0.2) is 31.5 Å². The van der Waals surface area contributed by atoms with Gasteiger partial charge >= 0.3 is 0 Å². The van der Waals surface area contributed by atoms with E-state index in [1.54, 1.807) is 48.5 Å². The van der Waals surface area contributed by atoms with E-state index in [1.165, 1.54) is 0 Å². The van der Waals surface area contributed by atoms with Gasteiger partial charge in [0.25, 0.3) is 5.91 Å². The van der Waals surface area contributed by atoms with Crippen molar-refractivity contribution in [2.75, 3.05) is 30.3 Å². The SMILES string of the molecule is C=C(C)COc1ccc(NC(=O)CNc2ccc(C(=O)NCCCC)cc2)cc1. The molecule has 0 spiro atoms. The lowest BCUT2D eigenvalue weighted by molar-refractivity contribution is -0.114. The van der Waals surface area contributed by atoms with Crippen LogP contribution in [-0.2, 0) is 4.79 Å². The van der Waals surface area contributed by atoms with E-state index in [9.17, 15) is 9.59 Å². The lowest BCUT2D eigenvalue weighted by atomic mass is 10.2. The van der Waals surface area contributed by atoms with Crippen molar-refractivity contribution in [1.82, 2.24) is 5.32 Å². The lowest BCUT2D eigenvalue weighted by Crippen LogP contribution is -2.24. The fourth-order valence-corrected chi connectivity index (χ4v) is 2.45. The van der Waals surface area contributed by atoms with Crippen molar-refractivity contribution < 1.29 is 14.3 Å². The van der Waals surface area contributed by atoms with Crippen LogP contribution in [0.3, 0.4) is 0 Å². The maximum atomic E-state index is 12.1. The summed E-state index contributed by atoms with van der Waals surface area (Å²) in [6.07, 6.45) is 2.00. The van der Waals surface area contributed by atoms with Gasteiger partial charge in [-0.15, -0.1) is 0 Å².